The number of alkyl halides is 1. The molecule has 2 rings (SSSR count). The van der Waals surface area contributed by atoms with E-state index in [0.29, 0.717) is 18.1 Å². The summed E-state index contributed by atoms with van der Waals surface area (Å²) in [7, 11) is 0. The summed E-state index contributed by atoms with van der Waals surface area (Å²) in [5.41, 5.74) is 7.29. The molecule has 0 fully saturated rings. The number of carbonyl (C=O) groups is 1. The molecule has 0 radical (unpaired) electrons. The van der Waals surface area contributed by atoms with Crippen LogP contribution in [0.15, 0.2) is 23.1 Å². The fourth-order valence-corrected chi connectivity index (χ4v) is 2.95. The van der Waals surface area contributed by atoms with Crippen LogP contribution >= 0.6 is 23.4 Å². The number of nitrogens with two attached hydrogens (primary N) is 1. The molecule has 0 bridgehead atoms. The molecule has 1 unspecified atom stereocenters. The van der Waals surface area contributed by atoms with Gasteiger partial charge in [0.15, 0.2) is 0 Å². The highest BCUT2D eigenvalue weighted by Crippen LogP contribution is 2.39. The fourth-order valence-electron chi connectivity index (χ4n) is 1.74. The molecule has 0 aromatic heterocycles. The summed E-state index contributed by atoms with van der Waals surface area (Å²) in [6.45, 7) is 2.44. The molecule has 3 nitrogen and oxygen atoms in total. The Bertz CT molecular complexity index is 424. The zero-order valence-corrected chi connectivity index (χ0v) is 10.5. The zero-order valence-electron chi connectivity index (χ0n) is 8.94. The predicted molar refractivity (Wildman–Crippen MR) is 69.2 cm³/mol. The van der Waals surface area contributed by atoms with E-state index < -0.39 is 0 Å². The van der Waals surface area contributed by atoms with Gasteiger partial charge in [0, 0.05) is 23.0 Å². The summed E-state index contributed by atoms with van der Waals surface area (Å²) in [5.74, 6) is 0.529. The van der Waals surface area contributed by atoms with Crippen molar-refractivity contribution in [2.45, 2.75) is 17.1 Å². The predicted octanol–water partition coefficient (Wildman–Crippen LogP) is 2.33. The molecule has 0 spiro atoms. The first kappa shape index (κ1) is 11.6. The summed E-state index contributed by atoms with van der Waals surface area (Å²) in [6, 6.07) is 5.64. The fraction of sp³-hybridized carbons (Fsp3) is 0.364. The van der Waals surface area contributed by atoms with Gasteiger partial charge in [-0.05, 0) is 25.1 Å². The van der Waals surface area contributed by atoms with Gasteiger partial charge in [-0.25, -0.2) is 0 Å². The molecule has 1 aliphatic heterocycles. The van der Waals surface area contributed by atoms with Gasteiger partial charge >= 0.3 is 0 Å². The minimum Gasteiger partial charge on any atom is -0.399 e. The maximum atomic E-state index is 12.0. The number of hydrogen-bond donors (Lipinski definition) is 1. The van der Waals surface area contributed by atoms with Crippen LogP contribution in [0.1, 0.15) is 6.92 Å². The first-order valence-electron chi connectivity index (χ1n) is 5.07. The summed E-state index contributed by atoms with van der Waals surface area (Å²) in [4.78, 5) is 14.8. The Labute approximate surface area is 104 Å². The van der Waals surface area contributed by atoms with Crippen molar-refractivity contribution < 1.29 is 4.79 Å². The molecule has 1 atom stereocenters. The Morgan fingerprint density at radius 2 is 2.31 bits per heavy atom. The maximum absolute atomic E-state index is 12.0. The van der Waals surface area contributed by atoms with Gasteiger partial charge in [0.25, 0.3) is 0 Å². The van der Waals surface area contributed by atoms with Crippen molar-refractivity contribution in [1.82, 2.24) is 0 Å². The SMILES string of the molecule is CC1Sc2ccc(N)cc2N(CCCl)C1=O. The smallest absolute Gasteiger partial charge is 0.240 e. The summed E-state index contributed by atoms with van der Waals surface area (Å²) in [5, 5.41) is -0.0562. The Kier molecular flexibility index (Phi) is 3.30. The quantitative estimate of drug-likeness (QED) is 0.653. The highest BCUT2D eigenvalue weighted by Gasteiger charge is 2.30. The van der Waals surface area contributed by atoms with Gasteiger partial charge in [0.05, 0.1) is 10.9 Å². The second-order valence-electron chi connectivity index (χ2n) is 3.67. The molecular formula is C11H13ClN2OS. The number of hydrogen-bond acceptors (Lipinski definition) is 3. The first-order chi connectivity index (χ1) is 7.63. The number of anilines is 2. The topological polar surface area (TPSA) is 46.3 Å². The number of carbonyl (C=O) groups excluding carboxylic acids is 1. The summed E-state index contributed by atoms with van der Waals surface area (Å²) >= 11 is 7.29. The van der Waals surface area contributed by atoms with Crippen LogP contribution < -0.4 is 10.6 Å². The first-order valence-corrected chi connectivity index (χ1v) is 6.48. The van der Waals surface area contributed by atoms with Crippen molar-refractivity contribution in [2.24, 2.45) is 0 Å². The molecule has 16 heavy (non-hydrogen) atoms. The van der Waals surface area contributed by atoms with Crippen molar-refractivity contribution in [3.8, 4) is 0 Å². The number of fused-ring (bicyclic) bond motifs is 1. The van der Waals surface area contributed by atoms with Gasteiger partial charge in [-0.15, -0.1) is 23.4 Å². The van der Waals surface area contributed by atoms with Crippen LogP contribution in [-0.4, -0.2) is 23.6 Å². The van der Waals surface area contributed by atoms with Crippen molar-refractivity contribution in [1.29, 1.82) is 0 Å². The average molecular weight is 257 g/mol. The van der Waals surface area contributed by atoms with Crippen LogP contribution in [0.2, 0.25) is 0 Å². The number of halogens is 1. The van der Waals surface area contributed by atoms with E-state index in [1.165, 1.54) is 0 Å². The van der Waals surface area contributed by atoms with Crippen molar-refractivity contribution in [3.63, 3.8) is 0 Å². The number of amides is 1. The second kappa shape index (κ2) is 4.55. The second-order valence-corrected chi connectivity index (χ2v) is 5.43. The van der Waals surface area contributed by atoms with Crippen LogP contribution in [0.4, 0.5) is 11.4 Å². The molecule has 0 aliphatic carbocycles. The molecule has 0 saturated heterocycles. The number of rotatable bonds is 2. The molecule has 1 aliphatic rings. The molecule has 2 N–H and O–H groups in total. The van der Waals surface area contributed by atoms with Gasteiger partial charge in [0.2, 0.25) is 5.91 Å². The van der Waals surface area contributed by atoms with E-state index in [9.17, 15) is 4.79 Å². The van der Waals surface area contributed by atoms with E-state index in [1.807, 2.05) is 25.1 Å². The lowest BCUT2D eigenvalue weighted by Gasteiger charge is -2.32. The van der Waals surface area contributed by atoms with Crippen molar-refractivity contribution in [3.05, 3.63) is 18.2 Å². The Morgan fingerprint density at radius 3 is 3.00 bits per heavy atom. The van der Waals surface area contributed by atoms with Crippen LogP contribution in [0.5, 0.6) is 0 Å². The summed E-state index contributed by atoms with van der Waals surface area (Å²) in [6.07, 6.45) is 0. The van der Waals surface area contributed by atoms with E-state index in [1.54, 1.807) is 16.7 Å². The Hall–Kier alpha value is -0.870. The summed E-state index contributed by atoms with van der Waals surface area (Å²) < 4.78 is 0. The molecule has 0 saturated carbocycles. The van der Waals surface area contributed by atoms with Crippen LogP contribution in [0, 0.1) is 0 Å². The maximum Gasteiger partial charge on any atom is 0.240 e. The van der Waals surface area contributed by atoms with Crippen molar-refractivity contribution >= 4 is 40.6 Å². The van der Waals surface area contributed by atoms with Gasteiger partial charge in [-0.2, -0.15) is 0 Å². The minimum absolute atomic E-state index is 0.0562. The lowest BCUT2D eigenvalue weighted by molar-refractivity contribution is -0.117. The third-order valence-electron chi connectivity index (χ3n) is 2.50. The molecule has 5 heteroatoms. The monoisotopic (exact) mass is 256 g/mol. The molecule has 1 aromatic rings. The van der Waals surface area contributed by atoms with E-state index in [0.717, 1.165) is 10.6 Å². The lowest BCUT2D eigenvalue weighted by atomic mass is 10.2. The molecule has 86 valence electrons. The van der Waals surface area contributed by atoms with E-state index in [4.69, 9.17) is 17.3 Å². The Balaban J connectivity index is 2.45. The van der Waals surface area contributed by atoms with E-state index >= 15 is 0 Å². The number of benzene rings is 1. The highest BCUT2D eigenvalue weighted by molar-refractivity contribution is 8.00. The standard InChI is InChI=1S/C11H13ClN2OS/c1-7-11(15)14(5-4-12)9-6-8(13)2-3-10(9)16-7/h2-3,6-7H,4-5,13H2,1H3. The molecule has 1 aromatic carbocycles. The molecule has 1 heterocycles. The molecule has 1 amide bonds. The van der Waals surface area contributed by atoms with Crippen LogP contribution in [0.3, 0.4) is 0 Å². The van der Waals surface area contributed by atoms with Crippen molar-refractivity contribution in [2.75, 3.05) is 23.1 Å². The van der Waals surface area contributed by atoms with E-state index in [-0.39, 0.29) is 11.2 Å². The number of nitrogen functional groups attached to an aromatic ring is 1. The van der Waals surface area contributed by atoms with Crippen LogP contribution in [0.25, 0.3) is 0 Å². The van der Waals surface area contributed by atoms with Gasteiger partial charge in [0.1, 0.15) is 0 Å². The highest BCUT2D eigenvalue weighted by atomic mass is 35.5. The van der Waals surface area contributed by atoms with Crippen LogP contribution in [-0.2, 0) is 4.79 Å². The third-order valence-corrected chi connectivity index (χ3v) is 3.82. The zero-order chi connectivity index (χ0) is 11.7. The van der Waals surface area contributed by atoms with E-state index in [2.05, 4.69) is 0 Å². The average Bonchev–Trinajstić information content (AvgIpc) is 2.26. The normalized spacial score (nSPS) is 19.8. The van der Waals surface area contributed by atoms with Gasteiger partial charge in [-0.3, -0.25) is 4.79 Å². The minimum atomic E-state index is -0.0562. The Morgan fingerprint density at radius 1 is 1.56 bits per heavy atom. The number of thioether (sulfide) groups is 1. The van der Waals surface area contributed by atoms with Gasteiger partial charge < -0.3 is 10.6 Å². The number of nitrogens with zero attached hydrogens (tertiary/aromatic N) is 1. The third kappa shape index (κ3) is 1.99. The lowest BCUT2D eigenvalue weighted by Crippen LogP contribution is -2.40. The van der Waals surface area contributed by atoms with Gasteiger partial charge in [-0.1, -0.05) is 0 Å². The molecular weight excluding hydrogens is 244 g/mol. The largest absolute Gasteiger partial charge is 0.399 e.